The van der Waals surface area contributed by atoms with Gasteiger partial charge in [0.05, 0.1) is 0 Å². The molecule has 14 heavy (non-hydrogen) atoms. The van der Waals surface area contributed by atoms with Crippen molar-refractivity contribution in [3.8, 4) is 5.75 Å². The van der Waals surface area contributed by atoms with Crippen LogP contribution in [0.2, 0.25) is 0 Å². The van der Waals surface area contributed by atoms with Crippen LogP contribution >= 0.6 is 0 Å². The van der Waals surface area contributed by atoms with Gasteiger partial charge in [-0.25, -0.2) is 4.39 Å². The minimum Gasteiger partial charge on any atom is -0.492 e. The third-order valence-corrected chi connectivity index (χ3v) is 2.43. The second kappa shape index (κ2) is 4.42. The third kappa shape index (κ3) is 2.45. The molecule has 1 unspecified atom stereocenters. The van der Waals surface area contributed by atoms with Gasteiger partial charge >= 0.3 is 0 Å². The van der Waals surface area contributed by atoms with Gasteiger partial charge in [-0.3, -0.25) is 0 Å². The van der Waals surface area contributed by atoms with E-state index in [1.165, 1.54) is 25.0 Å². The summed E-state index contributed by atoms with van der Waals surface area (Å²) < 4.78 is 18.1. The summed E-state index contributed by atoms with van der Waals surface area (Å²) in [4.78, 5) is 0. The van der Waals surface area contributed by atoms with Crippen molar-refractivity contribution in [2.24, 2.45) is 0 Å². The molecule has 1 aliphatic heterocycles. The molecule has 0 aliphatic carbocycles. The van der Waals surface area contributed by atoms with Gasteiger partial charge < -0.3 is 10.1 Å². The van der Waals surface area contributed by atoms with Crippen LogP contribution in [-0.2, 0) is 0 Å². The fourth-order valence-electron chi connectivity index (χ4n) is 1.63. The Kier molecular flexibility index (Phi) is 2.99. The Bertz CT molecular complexity index is 280. The smallest absolute Gasteiger partial charge is 0.123 e. The van der Waals surface area contributed by atoms with Crippen LogP contribution in [0.3, 0.4) is 0 Å². The predicted octanol–water partition coefficient (Wildman–Crippen LogP) is 1.96. The molecule has 1 heterocycles. The zero-order valence-corrected chi connectivity index (χ0v) is 8.00. The van der Waals surface area contributed by atoms with E-state index in [4.69, 9.17) is 4.74 Å². The number of hydrogen-bond acceptors (Lipinski definition) is 2. The SMILES string of the molecule is Fc1ccc(OCC2CCCN2)cc1. The Hall–Kier alpha value is -1.09. The number of ether oxygens (including phenoxy) is 1. The average molecular weight is 195 g/mol. The summed E-state index contributed by atoms with van der Waals surface area (Å²) in [6.07, 6.45) is 2.39. The lowest BCUT2D eigenvalue weighted by atomic mass is 10.2. The van der Waals surface area contributed by atoms with Gasteiger partial charge in [0.25, 0.3) is 0 Å². The number of halogens is 1. The minimum atomic E-state index is -0.226. The van der Waals surface area contributed by atoms with Gasteiger partial charge in [0.2, 0.25) is 0 Å². The maximum atomic E-state index is 12.6. The molecule has 76 valence electrons. The zero-order chi connectivity index (χ0) is 9.80. The van der Waals surface area contributed by atoms with E-state index in [-0.39, 0.29) is 5.82 Å². The van der Waals surface area contributed by atoms with E-state index < -0.39 is 0 Å². The molecule has 1 fully saturated rings. The summed E-state index contributed by atoms with van der Waals surface area (Å²) in [6.45, 7) is 1.75. The first-order valence-corrected chi connectivity index (χ1v) is 4.96. The van der Waals surface area contributed by atoms with Gasteiger partial charge in [0.1, 0.15) is 18.2 Å². The molecular formula is C11H14FNO. The maximum absolute atomic E-state index is 12.6. The Labute approximate surface area is 83.1 Å². The van der Waals surface area contributed by atoms with Crippen LogP contribution in [0, 0.1) is 5.82 Å². The van der Waals surface area contributed by atoms with Gasteiger partial charge in [-0.05, 0) is 43.7 Å². The number of rotatable bonds is 3. The van der Waals surface area contributed by atoms with E-state index in [9.17, 15) is 4.39 Å². The second-order valence-corrected chi connectivity index (χ2v) is 3.56. The van der Waals surface area contributed by atoms with Crippen molar-refractivity contribution in [1.29, 1.82) is 0 Å². The van der Waals surface area contributed by atoms with Gasteiger partial charge in [-0.2, -0.15) is 0 Å². The van der Waals surface area contributed by atoms with Crippen molar-refractivity contribution in [2.75, 3.05) is 13.2 Å². The van der Waals surface area contributed by atoms with E-state index in [2.05, 4.69) is 5.32 Å². The molecule has 3 heteroatoms. The number of hydrogen-bond donors (Lipinski definition) is 1. The summed E-state index contributed by atoms with van der Waals surface area (Å²) in [5.41, 5.74) is 0. The highest BCUT2D eigenvalue weighted by atomic mass is 19.1. The quantitative estimate of drug-likeness (QED) is 0.796. The van der Waals surface area contributed by atoms with E-state index in [1.807, 2.05) is 0 Å². The molecule has 2 rings (SSSR count). The van der Waals surface area contributed by atoms with E-state index in [0.29, 0.717) is 12.6 Å². The third-order valence-electron chi connectivity index (χ3n) is 2.43. The standard InChI is InChI=1S/C11H14FNO/c12-9-3-5-11(6-4-9)14-8-10-2-1-7-13-10/h3-6,10,13H,1-2,7-8H2. The Morgan fingerprint density at radius 3 is 2.79 bits per heavy atom. The van der Waals surface area contributed by atoms with Crippen LogP contribution in [0.4, 0.5) is 4.39 Å². The van der Waals surface area contributed by atoms with Gasteiger partial charge in [-0.15, -0.1) is 0 Å². The zero-order valence-electron chi connectivity index (χ0n) is 8.00. The molecule has 0 bridgehead atoms. The molecule has 1 atom stereocenters. The first-order valence-electron chi connectivity index (χ1n) is 4.96. The van der Waals surface area contributed by atoms with Crippen LogP contribution in [0.5, 0.6) is 5.75 Å². The van der Waals surface area contributed by atoms with E-state index >= 15 is 0 Å². The van der Waals surface area contributed by atoms with Crippen molar-refractivity contribution in [1.82, 2.24) is 5.32 Å². The fourth-order valence-corrected chi connectivity index (χ4v) is 1.63. The Morgan fingerprint density at radius 1 is 1.36 bits per heavy atom. The maximum Gasteiger partial charge on any atom is 0.123 e. The number of benzene rings is 1. The fraction of sp³-hybridized carbons (Fsp3) is 0.455. The highest BCUT2D eigenvalue weighted by Gasteiger charge is 2.14. The molecule has 1 aromatic rings. The van der Waals surface area contributed by atoms with Crippen LogP contribution in [0.25, 0.3) is 0 Å². The second-order valence-electron chi connectivity index (χ2n) is 3.56. The lowest BCUT2D eigenvalue weighted by molar-refractivity contribution is 0.277. The lowest BCUT2D eigenvalue weighted by Gasteiger charge is -2.11. The first kappa shape index (κ1) is 9.46. The van der Waals surface area contributed by atoms with Crippen molar-refractivity contribution in [3.05, 3.63) is 30.1 Å². The summed E-state index contributed by atoms with van der Waals surface area (Å²) >= 11 is 0. The molecule has 1 N–H and O–H groups in total. The van der Waals surface area contributed by atoms with Crippen molar-refractivity contribution < 1.29 is 9.13 Å². The molecule has 0 amide bonds. The van der Waals surface area contributed by atoms with Crippen LogP contribution in [0.1, 0.15) is 12.8 Å². The molecule has 2 nitrogen and oxygen atoms in total. The largest absolute Gasteiger partial charge is 0.492 e. The Balaban J connectivity index is 1.82. The topological polar surface area (TPSA) is 21.3 Å². The summed E-state index contributed by atoms with van der Waals surface area (Å²) in [5, 5.41) is 3.34. The van der Waals surface area contributed by atoms with E-state index in [0.717, 1.165) is 12.3 Å². The molecule has 0 aromatic heterocycles. The van der Waals surface area contributed by atoms with Crippen molar-refractivity contribution in [3.63, 3.8) is 0 Å². The van der Waals surface area contributed by atoms with Crippen LogP contribution in [-0.4, -0.2) is 19.2 Å². The highest BCUT2D eigenvalue weighted by molar-refractivity contribution is 5.22. The average Bonchev–Trinajstić information content (AvgIpc) is 2.70. The van der Waals surface area contributed by atoms with Gasteiger partial charge in [-0.1, -0.05) is 0 Å². The van der Waals surface area contributed by atoms with Gasteiger partial charge in [0, 0.05) is 6.04 Å². The molecule has 1 saturated heterocycles. The molecule has 0 saturated carbocycles. The van der Waals surface area contributed by atoms with Crippen LogP contribution < -0.4 is 10.1 Å². The number of nitrogens with one attached hydrogen (secondary N) is 1. The summed E-state index contributed by atoms with van der Waals surface area (Å²) in [5.74, 6) is 0.511. The molecule has 0 spiro atoms. The van der Waals surface area contributed by atoms with Crippen molar-refractivity contribution >= 4 is 0 Å². The van der Waals surface area contributed by atoms with Crippen LogP contribution in [0.15, 0.2) is 24.3 Å². The Morgan fingerprint density at radius 2 is 2.14 bits per heavy atom. The lowest BCUT2D eigenvalue weighted by Crippen LogP contribution is -2.28. The summed E-state index contributed by atoms with van der Waals surface area (Å²) in [7, 11) is 0. The summed E-state index contributed by atoms with van der Waals surface area (Å²) in [6, 6.07) is 6.60. The minimum absolute atomic E-state index is 0.226. The monoisotopic (exact) mass is 195 g/mol. The molecule has 1 aromatic carbocycles. The molecular weight excluding hydrogens is 181 g/mol. The normalized spacial score (nSPS) is 21.1. The molecule has 1 aliphatic rings. The van der Waals surface area contributed by atoms with Crippen molar-refractivity contribution in [2.45, 2.75) is 18.9 Å². The predicted molar refractivity (Wildman–Crippen MR) is 52.9 cm³/mol. The van der Waals surface area contributed by atoms with E-state index in [1.54, 1.807) is 12.1 Å². The highest BCUT2D eigenvalue weighted by Crippen LogP contribution is 2.13. The first-order chi connectivity index (χ1) is 6.84. The van der Waals surface area contributed by atoms with Gasteiger partial charge in [0.15, 0.2) is 0 Å². The molecule has 0 radical (unpaired) electrons.